The summed E-state index contributed by atoms with van der Waals surface area (Å²) in [6.45, 7) is 1.71. The van der Waals surface area contributed by atoms with Crippen molar-refractivity contribution in [1.29, 1.82) is 0 Å². The number of aliphatic hydroxyl groups is 1. The van der Waals surface area contributed by atoms with Crippen molar-refractivity contribution in [3.8, 4) is 0 Å². The summed E-state index contributed by atoms with van der Waals surface area (Å²) in [4.78, 5) is 5.73. The zero-order chi connectivity index (χ0) is 7.56. The second-order valence-corrected chi connectivity index (χ2v) is 2.93. The molecule has 56 valence electrons. The van der Waals surface area contributed by atoms with Gasteiger partial charge in [0.05, 0.1) is 0 Å². The lowest BCUT2D eigenvalue weighted by Gasteiger charge is -2.18. The maximum atomic E-state index is 9.09. The number of anilines is 1. The molecule has 1 atom stereocenters. The lowest BCUT2D eigenvalue weighted by Crippen LogP contribution is -2.27. The molecule has 1 aromatic heterocycles. The highest BCUT2D eigenvalue weighted by molar-refractivity contribution is 7.13. The minimum Gasteiger partial charge on any atom is -0.374 e. The molecule has 1 N–H and O–H groups in total. The molecule has 0 aliphatic rings. The summed E-state index contributed by atoms with van der Waals surface area (Å²) in [6, 6.07) is 0. The zero-order valence-corrected chi connectivity index (χ0v) is 6.80. The van der Waals surface area contributed by atoms with Crippen LogP contribution in [-0.2, 0) is 0 Å². The second-order valence-electron chi connectivity index (χ2n) is 2.06. The smallest absolute Gasteiger partial charge is 0.186 e. The minimum absolute atomic E-state index is 0.467. The summed E-state index contributed by atoms with van der Waals surface area (Å²) in [7, 11) is 1.81. The van der Waals surface area contributed by atoms with Crippen LogP contribution in [0.2, 0.25) is 0 Å². The highest BCUT2D eigenvalue weighted by Crippen LogP contribution is 2.16. The summed E-state index contributed by atoms with van der Waals surface area (Å²) < 4.78 is 0. The fourth-order valence-corrected chi connectivity index (χ4v) is 1.23. The SMILES string of the molecule is CC(O)N(C)c1nccs1. The molecule has 0 amide bonds. The number of aliphatic hydroxyl groups excluding tert-OH is 1. The maximum Gasteiger partial charge on any atom is 0.186 e. The summed E-state index contributed by atoms with van der Waals surface area (Å²) in [5.41, 5.74) is 0. The number of hydrogen-bond donors (Lipinski definition) is 1. The van der Waals surface area contributed by atoms with Gasteiger partial charge < -0.3 is 10.0 Å². The van der Waals surface area contributed by atoms with Gasteiger partial charge in [-0.2, -0.15) is 0 Å². The fraction of sp³-hybridized carbons (Fsp3) is 0.500. The molecule has 0 aromatic carbocycles. The van der Waals surface area contributed by atoms with E-state index in [0.29, 0.717) is 0 Å². The van der Waals surface area contributed by atoms with E-state index in [2.05, 4.69) is 4.98 Å². The van der Waals surface area contributed by atoms with E-state index in [9.17, 15) is 0 Å². The molecular weight excluding hydrogens is 148 g/mol. The predicted molar refractivity (Wildman–Crippen MR) is 42.2 cm³/mol. The van der Waals surface area contributed by atoms with Gasteiger partial charge in [0, 0.05) is 18.6 Å². The van der Waals surface area contributed by atoms with Gasteiger partial charge in [-0.1, -0.05) is 0 Å². The maximum absolute atomic E-state index is 9.09. The minimum atomic E-state index is -0.467. The van der Waals surface area contributed by atoms with Crippen LogP contribution in [0, 0.1) is 0 Å². The van der Waals surface area contributed by atoms with Crippen LogP contribution in [0.5, 0.6) is 0 Å². The highest BCUT2D eigenvalue weighted by Gasteiger charge is 2.06. The Morgan fingerprint density at radius 1 is 1.80 bits per heavy atom. The Bertz CT molecular complexity index is 186. The lowest BCUT2D eigenvalue weighted by molar-refractivity contribution is 0.195. The first kappa shape index (κ1) is 7.50. The van der Waals surface area contributed by atoms with Gasteiger partial charge in [0.1, 0.15) is 6.23 Å². The van der Waals surface area contributed by atoms with Crippen LogP contribution in [0.25, 0.3) is 0 Å². The molecule has 0 fully saturated rings. The number of thiazole rings is 1. The Hall–Kier alpha value is -0.610. The summed E-state index contributed by atoms with van der Waals surface area (Å²) in [6.07, 6.45) is 1.25. The Morgan fingerprint density at radius 3 is 2.90 bits per heavy atom. The molecule has 4 heteroatoms. The van der Waals surface area contributed by atoms with Crippen molar-refractivity contribution in [2.45, 2.75) is 13.2 Å². The number of rotatable bonds is 2. The van der Waals surface area contributed by atoms with Gasteiger partial charge in [-0.25, -0.2) is 4.98 Å². The van der Waals surface area contributed by atoms with Crippen LogP contribution in [-0.4, -0.2) is 23.4 Å². The van der Waals surface area contributed by atoms with Crippen molar-refractivity contribution in [1.82, 2.24) is 4.98 Å². The van der Waals surface area contributed by atoms with Crippen molar-refractivity contribution < 1.29 is 5.11 Å². The summed E-state index contributed by atoms with van der Waals surface area (Å²) in [5.74, 6) is 0. The molecule has 0 aliphatic heterocycles. The van der Waals surface area contributed by atoms with E-state index < -0.39 is 6.23 Å². The van der Waals surface area contributed by atoms with E-state index >= 15 is 0 Å². The molecule has 3 nitrogen and oxygen atoms in total. The molecule has 1 aromatic rings. The Balaban J connectivity index is 2.68. The van der Waals surface area contributed by atoms with E-state index in [1.54, 1.807) is 18.0 Å². The molecule has 0 saturated heterocycles. The van der Waals surface area contributed by atoms with Gasteiger partial charge in [-0.05, 0) is 6.92 Å². The van der Waals surface area contributed by atoms with Crippen LogP contribution < -0.4 is 4.90 Å². The quantitative estimate of drug-likeness (QED) is 0.650. The molecule has 10 heavy (non-hydrogen) atoms. The molecule has 0 spiro atoms. The molecule has 0 radical (unpaired) electrons. The van der Waals surface area contributed by atoms with Gasteiger partial charge in [0.25, 0.3) is 0 Å². The Morgan fingerprint density at radius 2 is 2.50 bits per heavy atom. The van der Waals surface area contributed by atoms with E-state index in [4.69, 9.17) is 5.11 Å². The molecule has 1 rings (SSSR count). The first-order valence-corrected chi connectivity index (χ1v) is 3.90. The standard InChI is InChI=1S/C6H10N2OS/c1-5(9)8(2)6-7-3-4-10-6/h3-5,9H,1-2H3. The Kier molecular flexibility index (Phi) is 2.24. The first-order chi connectivity index (χ1) is 4.72. The molecule has 1 unspecified atom stereocenters. The predicted octanol–water partition coefficient (Wildman–Crippen LogP) is 0.918. The van der Waals surface area contributed by atoms with E-state index in [1.807, 2.05) is 12.4 Å². The van der Waals surface area contributed by atoms with E-state index in [-0.39, 0.29) is 0 Å². The van der Waals surface area contributed by atoms with Crippen LogP contribution in [0.1, 0.15) is 6.92 Å². The van der Waals surface area contributed by atoms with Gasteiger partial charge >= 0.3 is 0 Å². The van der Waals surface area contributed by atoms with E-state index in [0.717, 1.165) is 5.13 Å². The summed E-state index contributed by atoms with van der Waals surface area (Å²) >= 11 is 1.51. The molecule has 0 aliphatic carbocycles. The van der Waals surface area contributed by atoms with Gasteiger partial charge in [0.2, 0.25) is 0 Å². The zero-order valence-electron chi connectivity index (χ0n) is 5.98. The van der Waals surface area contributed by atoms with E-state index in [1.165, 1.54) is 11.3 Å². The van der Waals surface area contributed by atoms with Crippen LogP contribution in [0.3, 0.4) is 0 Å². The normalized spacial score (nSPS) is 13.1. The highest BCUT2D eigenvalue weighted by atomic mass is 32.1. The molecular formula is C6H10N2OS. The lowest BCUT2D eigenvalue weighted by atomic mass is 10.6. The van der Waals surface area contributed by atoms with Crippen molar-refractivity contribution in [2.75, 3.05) is 11.9 Å². The number of hydrogen-bond acceptors (Lipinski definition) is 4. The van der Waals surface area contributed by atoms with Gasteiger partial charge in [0.15, 0.2) is 5.13 Å². The van der Waals surface area contributed by atoms with Gasteiger partial charge in [-0.15, -0.1) is 11.3 Å². The average Bonchev–Trinajstić information content (AvgIpc) is 2.36. The first-order valence-electron chi connectivity index (χ1n) is 3.02. The Labute approximate surface area is 63.9 Å². The van der Waals surface area contributed by atoms with Crippen molar-refractivity contribution in [3.63, 3.8) is 0 Å². The van der Waals surface area contributed by atoms with Crippen molar-refractivity contribution in [3.05, 3.63) is 11.6 Å². The topological polar surface area (TPSA) is 36.4 Å². The molecule has 0 saturated carbocycles. The number of aromatic nitrogens is 1. The van der Waals surface area contributed by atoms with Crippen LogP contribution >= 0.6 is 11.3 Å². The second kappa shape index (κ2) is 2.98. The third kappa shape index (κ3) is 1.46. The molecule has 1 heterocycles. The molecule has 0 bridgehead atoms. The van der Waals surface area contributed by atoms with Crippen molar-refractivity contribution in [2.24, 2.45) is 0 Å². The van der Waals surface area contributed by atoms with Crippen molar-refractivity contribution >= 4 is 16.5 Å². The fourth-order valence-electron chi connectivity index (χ4n) is 0.550. The number of nitrogens with zero attached hydrogens (tertiary/aromatic N) is 2. The third-order valence-corrected chi connectivity index (χ3v) is 2.14. The summed E-state index contributed by atoms with van der Waals surface area (Å²) in [5, 5.41) is 11.8. The largest absolute Gasteiger partial charge is 0.374 e. The third-order valence-electron chi connectivity index (χ3n) is 1.28. The van der Waals surface area contributed by atoms with Crippen LogP contribution in [0.4, 0.5) is 5.13 Å². The van der Waals surface area contributed by atoms with Gasteiger partial charge in [-0.3, -0.25) is 0 Å². The average molecular weight is 158 g/mol. The monoisotopic (exact) mass is 158 g/mol. The van der Waals surface area contributed by atoms with Crippen LogP contribution in [0.15, 0.2) is 11.6 Å².